The van der Waals surface area contributed by atoms with E-state index in [0.29, 0.717) is 5.89 Å². The zero-order chi connectivity index (χ0) is 17.8. The number of hydrogen-bond donors (Lipinski definition) is 1. The van der Waals surface area contributed by atoms with Crippen LogP contribution < -0.4 is 5.73 Å². The monoisotopic (exact) mass is 340 g/mol. The second-order valence-corrected chi connectivity index (χ2v) is 4.97. The lowest BCUT2D eigenvalue weighted by molar-refractivity contribution is -0.384. The molecule has 0 aliphatic rings. The molecule has 9 nitrogen and oxygen atoms in total. The van der Waals surface area contributed by atoms with Crippen molar-refractivity contribution in [1.82, 2.24) is 10.2 Å². The Morgan fingerprint density at radius 2 is 1.96 bits per heavy atom. The number of nitrogen functional groups attached to an aromatic ring is 1. The summed E-state index contributed by atoms with van der Waals surface area (Å²) in [6.07, 6.45) is 0. The number of nitrogens with two attached hydrogens (primary N) is 1. The molecular formula is C16H12N4O5. The summed E-state index contributed by atoms with van der Waals surface area (Å²) in [7, 11) is 0. The summed E-state index contributed by atoms with van der Waals surface area (Å²) in [5.74, 6) is -0.432. The number of benzene rings is 2. The van der Waals surface area contributed by atoms with E-state index in [4.69, 9.17) is 14.9 Å². The predicted molar refractivity (Wildman–Crippen MR) is 86.4 cm³/mol. The molecule has 3 aromatic rings. The van der Waals surface area contributed by atoms with Gasteiger partial charge in [-0.25, -0.2) is 4.79 Å². The van der Waals surface area contributed by atoms with Crippen LogP contribution in [0.25, 0.3) is 11.5 Å². The molecule has 0 bridgehead atoms. The molecule has 0 aliphatic heterocycles. The van der Waals surface area contributed by atoms with Gasteiger partial charge in [0.1, 0.15) is 0 Å². The highest BCUT2D eigenvalue weighted by Gasteiger charge is 2.18. The molecule has 2 aromatic carbocycles. The van der Waals surface area contributed by atoms with Crippen LogP contribution >= 0.6 is 0 Å². The summed E-state index contributed by atoms with van der Waals surface area (Å²) in [4.78, 5) is 22.2. The van der Waals surface area contributed by atoms with Crippen LogP contribution in [0.5, 0.6) is 0 Å². The first-order valence-corrected chi connectivity index (χ1v) is 7.13. The number of rotatable bonds is 5. The average molecular weight is 340 g/mol. The van der Waals surface area contributed by atoms with Gasteiger partial charge in [-0.3, -0.25) is 10.1 Å². The lowest BCUT2D eigenvalue weighted by Gasteiger charge is -2.05. The summed E-state index contributed by atoms with van der Waals surface area (Å²) in [5.41, 5.74) is 6.11. The maximum absolute atomic E-state index is 12.1. The number of ether oxygens (including phenoxy) is 1. The van der Waals surface area contributed by atoms with Gasteiger partial charge in [-0.15, -0.1) is 10.2 Å². The van der Waals surface area contributed by atoms with Crippen molar-refractivity contribution in [2.45, 2.75) is 6.61 Å². The first-order valence-electron chi connectivity index (χ1n) is 7.13. The lowest BCUT2D eigenvalue weighted by Crippen LogP contribution is -2.09. The van der Waals surface area contributed by atoms with Gasteiger partial charge in [0.15, 0.2) is 6.61 Å². The predicted octanol–water partition coefficient (Wildman–Crippen LogP) is 2.58. The number of aromatic nitrogens is 2. The van der Waals surface area contributed by atoms with E-state index in [1.54, 1.807) is 12.1 Å². The third kappa shape index (κ3) is 3.61. The smallest absolute Gasteiger partial charge is 0.341 e. The molecule has 1 heterocycles. The molecular weight excluding hydrogens is 328 g/mol. The number of nitro benzene ring substituents is 1. The average Bonchev–Trinajstić information content (AvgIpc) is 3.09. The number of anilines is 1. The molecule has 9 heteroatoms. The van der Waals surface area contributed by atoms with Crippen molar-refractivity contribution in [3.63, 3.8) is 0 Å². The van der Waals surface area contributed by atoms with Crippen LogP contribution in [0.15, 0.2) is 52.9 Å². The number of carbonyl (C=O) groups is 1. The van der Waals surface area contributed by atoms with Gasteiger partial charge in [-0.1, -0.05) is 18.2 Å². The van der Waals surface area contributed by atoms with E-state index < -0.39 is 10.9 Å². The number of nitro groups is 1. The Kier molecular flexibility index (Phi) is 4.38. The molecule has 0 amide bonds. The van der Waals surface area contributed by atoms with E-state index in [1.165, 1.54) is 12.1 Å². The standard InChI is InChI=1S/C16H12N4O5/c17-13-7-6-11(20(22)23)8-12(13)16(21)24-9-14-18-19-15(25-14)10-4-2-1-3-5-10/h1-8H,9,17H2. The van der Waals surface area contributed by atoms with Crippen LogP contribution in [0.1, 0.15) is 16.2 Å². The molecule has 0 atom stereocenters. The van der Waals surface area contributed by atoms with Crippen molar-refractivity contribution in [1.29, 1.82) is 0 Å². The Balaban J connectivity index is 1.70. The number of hydrogen-bond acceptors (Lipinski definition) is 8. The van der Waals surface area contributed by atoms with Crippen LogP contribution in [0.2, 0.25) is 0 Å². The third-order valence-electron chi connectivity index (χ3n) is 3.28. The van der Waals surface area contributed by atoms with Gasteiger partial charge in [0.05, 0.1) is 10.5 Å². The number of non-ortho nitro benzene ring substituents is 1. The quantitative estimate of drug-likeness (QED) is 0.324. The minimum Gasteiger partial charge on any atom is -0.452 e. The van der Waals surface area contributed by atoms with Gasteiger partial charge >= 0.3 is 5.97 Å². The maximum atomic E-state index is 12.1. The summed E-state index contributed by atoms with van der Waals surface area (Å²) in [6.45, 7) is -0.277. The van der Waals surface area contributed by atoms with E-state index in [1.807, 2.05) is 18.2 Å². The summed E-state index contributed by atoms with van der Waals surface area (Å²) >= 11 is 0. The Hall–Kier alpha value is -3.75. The Morgan fingerprint density at radius 1 is 1.20 bits per heavy atom. The molecule has 3 rings (SSSR count). The zero-order valence-electron chi connectivity index (χ0n) is 12.8. The fourth-order valence-corrected chi connectivity index (χ4v) is 2.05. The number of nitrogens with zero attached hydrogens (tertiary/aromatic N) is 3. The fraction of sp³-hybridized carbons (Fsp3) is 0.0625. The minimum atomic E-state index is -0.819. The molecule has 126 valence electrons. The van der Waals surface area contributed by atoms with E-state index in [2.05, 4.69) is 10.2 Å². The zero-order valence-corrected chi connectivity index (χ0v) is 12.8. The van der Waals surface area contributed by atoms with E-state index in [0.717, 1.165) is 11.6 Å². The molecule has 0 fully saturated rings. The first-order chi connectivity index (χ1) is 12.0. The molecule has 0 aliphatic carbocycles. The van der Waals surface area contributed by atoms with Gasteiger partial charge in [-0.2, -0.15) is 0 Å². The second-order valence-electron chi connectivity index (χ2n) is 4.97. The highest BCUT2D eigenvalue weighted by Crippen LogP contribution is 2.21. The second kappa shape index (κ2) is 6.79. The summed E-state index contributed by atoms with van der Waals surface area (Å²) in [5, 5.41) is 18.4. The molecule has 0 spiro atoms. The van der Waals surface area contributed by atoms with Gasteiger partial charge in [0.25, 0.3) is 11.6 Å². The van der Waals surface area contributed by atoms with Crippen LogP contribution in [0, 0.1) is 10.1 Å². The molecule has 0 saturated carbocycles. The van der Waals surface area contributed by atoms with E-state index >= 15 is 0 Å². The van der Waals surface area contributed by atoms with Crippen LogP contribution in [0.3, 0.4) is 0 Å². The Bertz CT molecular complexity index is 923. The van der Waals surface area contributed by atoms with Gasteiger partial charge < -0.3 is 14.9 Å². The molecule has 0 unspecified atom stereocenters. The van der Waals surface area contributed by atoms with Gasteiger partial charge in [0, 0.05) is 23.4 Å². The highest BCUT2D eigenvalue weighted by atomic mass is 16.6. The van der Waals surface area contributed by atoms with Crippen LogP contribution in [-0.4, -0.2) is 21.1 Å². The Labute approximate surface area is 141 Å². The summed E-state index contributed by atoms with van der Waals surface area (Å²) in [6, 6.07) is 12.6. The van der Waals surface area contributed by atoms with E-state index in [-0.39, 0.29) is 29.4 Å². The van der Waals surface area contributed by atoms with Crippen molar-refractivity contribution >= 4 is 17.3 Å². The molecule has 0 radical (unpaired) electrons. The van der Waals surface area contributed by atoms with Crippen molar-refractivity contribution < 1.29 is 18.9 Å². The molecule has 0 saturated heterocycles. The minimum absolute atomic E-state index is 0.0751. The van der Waals surface area contributed by atoms with Crippen molar-refractivity contribution in [2.75, 3.05) is 5.73 Å². The topological polar surface area (TPSA) is 134 Å². The largest absolute Gasteiger partial charge is 0.452 e. The lowest BCUT2D eigenvalue weighted by atomic mass is 10.1. The highest BCUT2D eigenvalue weighted by molar-refractivity contribution is 5.95. The number of carbonyl (C=O) groups excluding carboxylic acids is 1. The molecule has 1 aromatic heterocycles. The van der Waals surface area contributed by atoms with Crippen LogP contribution in [0.4, 0.5) is 11.4 Å². The normalized spacial score (nSPS) is 10.4. The van der Waals surface area contributed by atoms with Crippen molar-refractivity contribution in [2.24, 2.45) is 0 Å². The first kappa shape index (κ1) is 16.1. The van der Waals surface area contributed by atoms with Gasteiger partial charge in [-0.05, 0) is 18.2 Å². The molecule has 25 heavy (non-hydrogen) atoms. The fourth-order valence-electron chi connectivity index (χ4n) is 2.05. The van der Waals surface area contributed by atoms with Crippen molar-refractivity contribution in [3.8, 4) is 11.5 Å². The van der Waals surface area contributed by atoms with Gasteiger partial charge in [0.2, 0.25) is 5.89 Å². The molecule has 2 N–H and O–H groups in total. The van der Waals surface area contributed by atoms with E-state index in [9.17, 15) is 14.9 Å². The summed E-state index contributed by atoms with van der Waals surface area (Å²) < 4.78 is 10.5. The third-order valence-corrected chi connectivity index (χ3v) is 3.28. The number of esters is 1. The Morgan fingerprint density at radius 3 is 2.68 bits per heavy atom. The SMILES string of the molecule is Nc1ccc([N+](=O)[O-])cc1C(=O)OCc1nnc(-c2ccccc2)o1. The maximum Gasteiger partial charge on any atom is 0.341 e. The van der Waals surface area contributed by atoms with Crippen molar-refractivity contribution in [3.05, 3.63) is 70.1 Å². The van der Waals surface area contributed by atoms with Crippen LogP contribution in [-0.2, 0) is 11.3 Å².